The SMILES string of the molecule is CN(C)c1ccc(/C=C/c2ccc([N+](=O)[O-])cc2[N+](=O)[O-])c(Cl)c1. The van der Waals surface area contributed by atoms with Gasteiger partial charge in [0.2, 0.25) is 0 Å². The van der Waals surface area contributed by atoms with Crippen LogP contribution < -0.4 is 4.90 Å². The first-order valence-corrected chi connectivity index (χ1v) is 7.25. The van der Waals surface area contributed by atoms with Crippen LogP contribution in [0.1, 0.15) is 11.1 Å². The number of nitro benzene ring substituents is 2. The normalized spacial score (nSPS) is 10.8. The number of nitrogens with zero attached hydrogens (tertiary/aromatic N) is 3. The Balaban J connectivity index is 2.38. The van der Waals surface area contributed by atoms with Crippen molar-refractivity contribution in [1.82, 2.24) is 0 Å². The molecule has 2 aromatic rings. The molecule has 0 aromatic heterocycles. The zero-order valence-corrected chi connectivity index (χ0v) is 13.7. The van der Waals surface area contributed by atoms with Crippen molar-refractivity contribution in [2.24, 2.45) is 0 Å². The first-order valence-electron chi connectivity index (χ1n) is 6.87. The van der Waals surface area contributed by atoms with E-state index in [1.165, 1.54) is 18.2 Å². The summed E-state index contributed by atoms with van der Waals surface area (Å²) in [7, 11) is 3.78. The highest BCUT2D eigenvalue weighted by Crippen LogP contribution is 2.28. The molecule has 2 rings (SSSR count). The maximum Gasteiger partial charge on any atom is 0.283 e. The average molecular weight is 348 g/mol. The molecule has 0 aliphatic rings. The highest BCUT2D eigenvalue weighted by atomic mass is 35.5. The third-order valence-corrected chi connectivity index (χ3v) is 3.69. The molecule has 0 unspecified atom stereocenters. The standard InChI is InChI=1S/C16H14ClN3O4/c1-18(2)13-7-5-11(15(17)9-13)3-4-12-6-8-14(19(21)22)10-16(12)20(23)24/h3-10H,1-2H3/b4-3+. The van der Waals surface area contributed by atoms with Gasteiger partial charge in [-0.15, -0.1) is 0 Å². The summed E-state index contributed by atoms with van der Waals surface area (Å²) in [5.74, 6) is 0. The number of halogens is 1. The van der Waals surface area contributed by atoms with Crippen LogP contribution in [0.3, 0.4) is 0 Å². The van der Waals surface area contributed by atoms with Gasteiger partial charge < -0.3 is 4.90 Å². The number of hydrogen-bond acceptors (Lipinski definition) is 5. The Bertz CT molecular complexity index is 834. The largest absolute Gasteiger partial charge is 0.378 e. The van der Waals surface area contributed by atoms with Crippen molar-refractivity contribution in [3.63, 3.8) is 0 Å². The quantitative estimate of drug-likeness (QED) is 0.454. The topological polar surface area (TPSA) is 89.5 Å². The molecule has 124 valence electrons. The summed E-state index contributed by atoms with van der Waals surface area (Å²) in [5.41, 5.74) is 1.22. The Kier molecular flexibility index (Phi) is 5.15. The van der Waals surface area contributed by atoms with Crippen molar-refractivity contribution in [2.45, 2.75) is 0 Å². The van der Waals surface area contributed by atoms with Crippen LogP contribution in [0.5, 0.6) is 0 Å². The van der Waals surface area contributed by atoms with Gasteiger partial charge in [0.1, 0.15) is 0 Å². The molecule has 0 spiro atoms. The van der Waals surface area contributed by atoms with E-state index < -0.39 is 9.85 Å². The summed E-state index contributed by atoms with van der Waals surface area (Å²) in [6, 6.07) is 8.96. The minimum Gasteiger partial charge on any atom is -0.378 e. The molecule has 7 nitrogen and oxygen atoms in total. The van der Waals surface area contributed by atoms with Crippen LogP contribution in [0.4, 0.5) is 17.1 Å². The van der Waals surface area contributed by atoms with Gasteiger partial charge in [0.05, 0.1) is 21.5 Å². The van der Waals surface area contributed by atoms with E-state index in [2.05, 4.69) is 0 Å². The predicted octanol–water partition coefficient (Wildman–Crippen LogP) is 4.39. The van der Waals surface area contributed by atoms with E-state index in [0.29, 0.717) is 10.6 Å². The lowest BCUT2D eigenvalue weighted by Crippen LogP contribution is -2.08. The van der Waals surface area contributed by atoms with Crippen LogP contribution in [0.15, 0.2) is 36.4 Å². The second kappa shape index (κ2) is 7.10. The van der Waals surface area contributed by atoms with Crippen LogP contribution in [-0.2, 0) is 0 Å². The van der Waals surface area contributed by atoms with Gasteiger partial charge in [0.25, 0.3) is 11.4 Å². The van der Waals surface area contributed by atoms with Crippen molar-refractivity contribution >= 4 is 40.8 Å². The number of anilines is 1. The van der Waals surface area contributed by atoms with E-state index in [9.17, 15) is 20.2 Å². The highest BCUT2D eigenvalue weighted by Gasteiger charge is 2.17. The number of rotatable bonds is 5. The van der Waals surface area contributed by atoms with Gasteiger partial charge in [0, 0.05) is 30.9 Å². The first-order chi connectivity index (χ1) is 11.3. The lowest BCUT2D eigenvalue weighted by atomic mass is 10.1. The second-order valence-corrected chi connectivity index (χ2v) is 5.60. The van der Waals surface area contributed by atoms with Crippen LogP contribution in [0.2, 0.25) is 5.02 Å². The smallest absolute Gasteiger partial charge is 0.283 e. The molecule has 0 aliphatic heterocycles. The van der Waals surface area contributed by atoms with Crippen LogP contribution in [0.25, 0.3) is 12.2 Å². The predicted molar refractivity (Wildman–Crippen MR) is 94.5 cm³/mol. The Labute approximate surface area is 143 Å². The molecule has 0 aliphatic carbocycles. The highest BCUT2D eigenvalue weighted by molar-refractivity contribution is 6.32. The second-order valence-electron chi connectivity index (χ2n) is 5.19. The van der Waals surface area contributed by atoms with Crippen LogP contribution in [0, 0.1) is 20.2 Å². The number of benzene rings is 2. The fourth-order valence-corrected chi connectivity index (χ4v) is 2.29. The minimum absolute atomic E-state index is 0.262. The summed E-state index contributed by atoms with van der Waals surface area (Å²) in [6.07, 6.45) is 3.15. The van der Waals surface area contributed by atoms with Gasteiger partial charge in [-0.1, -0.05) is 23.7 Å². The molecule has 2 aromatic carbocycles. The van der Waals surface area contributed by atoms with Crippen molar-refractivity contribution < 1.29 is 9.85 Å². The first kappa shape index (κ1) is 17.4. The summed E-state index contributed by atoms with van der Waals surface area (Å²) in [6.45, 7) is 0. The van der Waals surface area contributed by atoms with E-state index >= 15 is 0 Å². The van der Waals surface area contributed by atoms with E-state index in [0.717, 1.165) is 11.8 Å². The monoisotopic (exact) mass is 347 g/mol. The van der Waals surface area contributed by atoms with Crippen molar-refractivity contribution in [2.75, 3.05) is 19.0 Å². The van der Waals surface area contributed by atoms with E-state index in [4.69, 9.17) is 11.6 Å². The third kappa shape index (κ3) is 3.88. The average Bonchev–Trinajstić information content (AvgIpc) is 2.53. The van der Waals surface area contributed by atoms with Gasteiger partial charge in [-0.25, -0.2) is 0 Å². The molecule has 0 saturated carbocycles. The summed E-state index contributed by atoms with van der Waals surface area (Å²) in [5, 5.41) is 22.4. The molecule has 0 bridgehead atoms. The van der Waals surface area contributed by atoms with Gasteiger partial charge >= 0.3 is 0 Å². The lowest BCUT2D eigenvalue weighted by molar-refractivity contribution is -0.394. The van der Waals surface area contributed by atoms with E-state index in [1.807, 2.05) is 25.1 Å². The molecule has 0 saturated heterocycles. The van der Waals surface area contributed by atoms with Crippen LogP contribution >= 0.6 is 11.6 Å². The van der Waals surface area contributed by atoms with Crippen molar-refractivity contribution in [1.29, 1.82) is 0 Å². The molecule has 0 fully saturated rings. The van der Waals surface area contributed by atoms with E-state index in [-0.39, 0.29) is 16.9 Å². The van der Waals surface area contributed by atoms with Gasteiger partial charge in [-0.2, -0.15) is 0 Å². The Morgan fingerprint density at radius 3 is 2.12 bits per heavy atom. The molecule has 8 heteroatoms. The molecular formula is C16H14ClN3O4. The van der Waals surface area contributed by atoms with Crippen molar-refractivity contribution in [3.8, 4) is 0 Å². The summed E-state index contributed by atoms with van der Waals surface area (Å²) < 4.78 is 0. The minimum atomic E-state index is -0.669. The summed E-state index contributed by atoms with van der Waals surface area (Å²) in [4.78, 5) is 22.4. The number of nitro groups is 2. The lowest BCUT2D eigenvalue weighted by Gasteiger charge is -2.13. The maximum absolute atomic E-state index is 11.1. The molecule has 0 N–H and O–H groups in total. The Morgan fingerprint density at radius 2 is 1.58 bits per heavy atom. The zero-order valence-electron chi connectivity index (χ0n) is 13.0. The molecule has 0 heterocycles. The Morgan fingerprint density at radius 1 is 0.958 bits per heavy atom. The Hall–Kier alpha value is -2.93. The fraction of sp³-hybridized carbons (Fsp3) is 0.125. The van der Waals surface area contributed by atoms with Gasteiger partial charge in [-0.3, -0.25) is 20.2 Å². The zero-order chi connectivity index (χ0) is 17.9. The number of non-ortho nitro benzene ring substituents is 1. The van der Waals surface area contributed by atoms with Crippen LogP contribution in [-0.4, -0.2) is 23.9 Å². The van der Waals surface area contributed by atoms with Crippen molar-refractivity contribution in [3.05, 3.63) is 72.8 Å². The molecule has 24 heavy (non-hydrogen) atoms. The molecule has 0 radical (unpaired) electrons. The maximum atomic E-state index is 11.1. The van der Waals surface area contributed by atoms with Gasteiger partial charge in [-0.05, 0) is 29.8 Å². The fourth-order valence-electron chi connectivity index (χ4n) is 2.05. The van der Waals surface area contributed by atoms with Gasteiger partial charge in [0.15, 0.2) is 0 Å². The molecule has 0 amide bonds. The molecule has 0 atom stereocenters. The van der Waals surface area contributed by atoms with E-state index in [1.54, 1.807) is 18.2 Å². The number of hydrogen-bond donors (Lipinski definition) is 0. The summed E-state index contributed by atoms with van der Waals surface area (Å²) >= 11 is 6.21. The molecular weight excluding hydrogens is 334 g/mol. The third-order valence-electron chi connectivity index (χ3n) is 3.36.